The summed E-state index contributed by atoms with van der Waals surface area (Å²) in [5, 5.41) is 0. The van der Waals surface area contributed by atoms with E-state index in [9.17, 15) is 0 Å². The van der Waals surface area contributed by atoms with E-state index in [1.807, 2.05) is 6.92 Å². The van der Waals surface area contributed by atoms with E-state index in [0.29, 0.717) is 6.54 Å². The van der Waals surface area contributed by atoms with E-state index >= 15 is 0 Å². The Morgan fingerprint density at radius 1 is 1.50 bits per heavy atom. The zero-order chi connectivity index (χ0) is 12.3. The summed E-state index contributed by atoms with van der Waals surface area (Å²) in [6, 6.07) is 0. The summed E-state index contributed by atoms with van der Waals surface area (Å²) in [5.74, 6) is 1.03. The molecule has 0 amide bonds. The first-order chi connectivity index (χ1) is 7.39. The molecule has 0 spiro atoms. The molecular formula is C12H24N4. The zero-order valence-corrected chi connectivity index (χ0v) is 11.1. The summed E-state index contributed by atoms with van der Waals surface area (Å²) in [4.78, 5) is 6.73. The van der Waals surface area contributed by atoms with Crippen LogP contribution in [0.1, 0.15) is 26.5 Å². The molecule has 1 heterocycles. The number of aromatic nitrogens is 2. The monoisotopic (exact) mass is 224 g/mol. The number of hydrogen-bond acceptors (Lipinski definition) is 3. The minimum absolute atomic E-state index is 0.118. The van der Waals surface area contributed by atoms with Crippen LogP contribution < -0.4 is 10.6 Å². The normalized spacial score (nSPS) is 11.9. The lowest BCUT2D eigenvalue weighted by atomic mass is 9.93. The van der Waals surface area contributed by atoms with Crippen LogP contribution in [0, 0.1) is 12.3 Å². The van der Waals surface area contributed by atoms with Crippen molar-refractivity contribution in [3.63, 3.8) is 0 Å². The van der Waals surface area contributed by atoms with Crippen LogP contribution >= 0.6 is 0 Å². The average Bonchev–Trinajstić information content (AvgIpc) is 2.59. The first-order valence-corrected chi connectivity index (χ1v) is 5.84. The van der Waals surface area contributed by atoms with Gasteiger partial charge in [-0.05, 0) is 25.8 Å². The minimum atomic E-state index is 0.118. The van der Waals surface area contributed by atoms with E-state index in [4.69, 9.17) is 5.73 Å². The van der Waals surface area contributed by atoms with E-state index in [1.54, 1.807) is 0 Å². The summed E-state index contributed by atoms with van der Waals surface area (Å²) in [6.45, 7) is 11.1. The van der Waals surface area contributed by atoms with Crippen molar-refractivity contribution in [1.29, 1.82) is 0 Å². The van der Waals surface area contributed by atoms with Crippen LogP contribution in [0.25, 0.3) is 0 Å². The number of rotatable bonds is 5. The predicted molar refractivity (Wildman–Crippen MR) is 68.7 cm³/mol. The number of imidazole rings is 1. The maximum atomic E-state index is 5.75. The van der Waals surface area contributed by atoms with E-state index in [-0.39, 0.29) is 5.41 Å². The fourth-order valence-corrected chi connectivity index (χ4v) is 1.85. The quantitative estimate of drug-likeness (QED) is 0.827. The number of aryl methyl sites for hydroxylation is 2. The Morgan fingerprint density at radius 3 is 2.62 bits per heavy atom. The Balaban J connectivity index is 2.83. The van der Waals surface area contributed by atoms with Crippen LogP contribution in [0.5, 0.6) is 0 Å². The Kier molecular flexibility index (Phi) is 3.97. The number of nitrogens with zero attached hydrogens (tertiary/aromatic N) is 3. The summed E-state index contributed by atoms with van der Waals surface area (Å²) in [5.41, 5.74) is 6.94. The Bertz CT molecular complexity index is 341. The van der Waals surface area contributed by atoms with Crippen molar-refractivity contribution >= 4 is 5.95 Å². The molecule has 0 aromatic carbocycles. The fraction of sp³-hybridized carbons (Fsp3) is 0.750. The van der Waals surface area contributed by atoms with Gasteiger partial charge in [0, 0.05) is 26.3 Å². The lowest BCUT2D eigenvalue weighted by molar-refractivity contribution is 0.382. The van der Waals surface area contributed by atoms with Crippen molar-refractivity contribution in [2.75, 3.05) is 25.0 Å². The molecule has 0 aliphatic heterocycles. The highest BCUT2D eigenvalue weighted by atomic mass is 15.3. The van der Waals surface area contributed by atoms with Crippen molar-refractivity contribution in [2.24, 2.45) is 11.1 Å². The number of hydrogen-bond donors (Lipinski definition) is 1. The molecule has 0 atom stereocenters. The highest BCUT2D eigenvalue weighted by Crippen LogP contribution is 2.19. The van der Waals surface area contributed by atoms with Gasteiger partial charge >= 0.3 is 0 Å². The van der Waals surface area contributed by atoms with Crippen molar-refractivity contribution in [1.82, 2.24) is 9.55 Å². The van der Waals surface area contributed by atoms with Crippen LogP contribution in [0.3, 0.4) is 0 Å². The molecule has 0 radical (unpaired) electrons. The molecule has 1 rings (SSSR count). The van der Waals surface area contributed by atoms with E-state index in [2.05, 4.69) is 48.5 Å². The Morgan fingerprint density at radius 2 is 2.12 bits per heavy atom. The summed E-state index contributed by atoms with van der Waals surface area (Å²) in [7, 11) is 2.07. The van der Waals surface area contributed by atoms with Crippen LogP contribution in [-0.4, -0.2) is 29.7 Å². The maximum absolute atomic E-state index is 5.75. The second kappa shape index (κ2) is 4.87. The molecular weight excluding hydrogens is 200 g/mol. The van der Waals surface area contributed by atoms with Gasteiger partial charge in [0.25, 0.3) is 0 Å². The lowest BCUT2D eigenvalue weighted by Crippen LogP contribution is -2.37. The molecule has 4 heteroatoms. The van der Waals surface area contributed by atoms with Gasteiger partial charge in [0.05, 0.1) is 5.69 Å². The van der Waals surface area contributed by atoms with E-state index in [0.717, 1.165) is 24.7 Å². The van der Waals surface area contributed by atoms with Crippen molar-refractivity contribution < 1.29 is 0 Å². The van der Waals surface area contributed by atoms with Gasteiger partial charge in [0.1, 0.15) is 0 Å². The molecule has 0 aliphatic rings. The summed E-state index contributed by atoms with van der Waals surface area (Å²) in [6.07, 6.45) is 2.08. The van der Waals surface area contributed by atoms with Crippen molar-refractivity contribution in [3.05, 3.63) is 11.9 Å². The fourth-order valence-electron chi connectivity index (χ4n) is 1.85. The van der Waals surface area contributed by atoms with Crippen LogP contribution in [0.4, 0.5) is 5.95 Å². The first kappa shape index (κ1) is 13.0. The zero-order valence-electron chi connectivity index (χ0n) is 11.1. The van der Waals surface area contributed by atoms with Crippen LogP contribution in [-0.2, 0) is 6.54 Å². The molecule has 4 nitrogen and oxygen atoms in total. The van der Waals surface area contributed by atoms with Gasteiger partial charge in [-0.15, -0.1) is 0 Å². The summed E-state index contributed by atoms with van der Waals surface area (Å²) < 4.78 is 2.17. The lowest BCUT2D eigenvalue weighted by Gasteiger charge is -2.29. The maximum Gasteiger partial charge on any atom is 0.205 e. The average molecular weight is 224 g/mol. The van der Waals surface area contributed by atoms with Gasteiger partial charge < -0.3 is 15.2 Å². The third-order valence-electron chi connectivity index (χ3n) is 2.78. The van der Waals surface area contributed by atoms with Crippen LogP contribution in [0.2, 0.25) is 0 Å². The molecule has 2 N–H and O–H groups in total. The van der Waals surface area contributed by atoms with Crippen molar-refractivity contribution in [2.45, 2.75) is 34.2 Å². The SMILES string of the molecule is CCn1cc(C)nc1N(C)CC(C)(C)CN. The highest BCUT2D eigenvalue weighted by molar-refractivity contribution is 5.32. The molecule has 0 saturated carbocycles. The van der Waals surface area contributed by atoms with Gasteiger partial charge in [-0.2, -0.15) is 0 Å². The van der Waals surface area contributed by atoms with Gasteiger partial charge in [-0.1, -0.05) is 13.8 Å². The smallest absolute Gasteiger partial charge is 0.205 e. The predicted octanol–water partition coefficient (Wildman–Crippen LogP) is 1.63. The number of anilines is 1. The second-order valence-corrected chi connectivity index (χ2v) is 5.19. The molecule has 0 bridgehead atoms. The third kappa shape index (κ3) is 2.98. The Labute approximate surface area is 98.5 Å². The molecule has 1 aromatic heterocycles. The molecule has 0 aliphatic carbocycles. The first-order valence-electron chi connectivity index (χ1n) is 5.84. The van der Waals surface area contributed by atoms with E-state index in [1.165, 1.54) is 0 Å². The molecule has 92 valence electrons. The standard InChI is InChI=1S/C12H24N4/c1-6-16-7-10(2)14-11(16)15(5)9-12(3,4)8-13/h7H,6,8-9,13H2,1-5H3. The largest absolute Gasteiger partial charge is 0.345 e. The third-order valence-corrected chi connectivity index (χ3v) is 2.78. The molecule has 1 aromatic rings. The van der Waals surface area contributed by atoms with Crippen LogP contribution in [0.15, 0.2) is 6.20 Å². The molecule has 0 unspecified atom stereocenters. The van der Waals surface area contributed by atoms with Gasteiger partial charge in [-0.3, -0.25) is 0 Å². The molecule has 0 saturated heterocycles. The topological polar surface area (TPSA) is 47.1 Å². The van der Waals surface area contributed by atoms with E-state index < -0.39 is 0 Å². The van der Waals surface area contributed by atoms with Gasteiger partial charge in [0.15, 0.2) is 0 Å². The highest BCUT2D eigenvalue weighted by Gasteiger charge is 2.20. The van der Waals surface area contributed by atoms with Gasteiger partial charge in [0.2, 0.25) is 5.95 Å². The van der Waals surface area contributed by atoms with Crippen molar-refractivity contribution in [3.8, 4) is 0 Å². The number of nitrogens with two attached hydrogens (primary N) is 1. The minimum Gasteiger partial charge on any atom is -0.345 e. The molecule has 0 fully saturated rings. The molecule has 16 heavy (non-hydrogen) atoms. The summed E-state index contributed by atoms with van der Waals surface area (Å²) >= 11 is 0. The second-order valence-electron chi connectivity index (χ2n) is 5.19. The Hall–Kier alpha value is -1.03. The van der Waals surface area contributed by atoms with Gasteiger partial charge in [-0.25, -0.2) is 4.98 Å².